The van der Waals surface area contributed by atoms with Gasteiger partial charge in [0.25, 0.3) is 0 Å². The van der Waals surface area contributed by atoms with E-state index in [9.17, 15) is 18.8 Å². The molecule has 1 aromatic heterocycles. The van der Waals surface area contributed by atoms with Crippen LogP contribution < -0.4 is 0 Å². The first kappa shape index (κ1) is 23.8. The zero-order valence-electron chi connectivity index (χ0n) is 18.0. The Bertz CT molecular complexity index is 1170. The number of nitrogens with one attached hydrogen (secondary N) is 1. The number of piperidine rings is 1. The van der Waals surface area contributed by atoms with Gasteiger partial charge in [0.1, 0.15) is 5.82 Å². The van der Waals surface area contributed by atoms with Gasteiger partial charge in [0.2, 0.25) is 0 Å². The van der Waals surface area contributed by atoms with Crippen LogP contribution in [-0.2, 0) is 9.59 Å². The number of ketones is 1. The number of fused-ring (bicyclic) bond motifs is 1. The highest BCUT2D eigenvalue weighted by molar-refractivity contribution is 6.10. The van der Waals surface area contributed by atoms with Crippen molar-refractivity contribution in [1.29, 1.82) is 0 Å². The molecule has 2 aromatic carbocycles. The molecule has 1 saturated heterocycles. The van der Waals surface area contributed by atoms with Gasteiger partial charge in [-0.3, -0.25) is 9.89 Å². The third kappa shape index (κ3) is 6.11. The van der Waals surface area contributed by atoms with Crippen LogP contribution in [0, 0.1) is 5.82 Å². The van der Waals surface area contributed by atoms with Crippen LogP contribution in [0.1, 0.15) is 40.4 Å². The Morgan fingerprint density at radius 2 is 1.67 bits per heavy atom. The number of nitrogens with zero attached hydrogens (tertiary/aromatic N) is 2. The lowest BCUT2D eigenvalue weighted by molar-refractivity contribution is -0.134. The molecule has 2 heterocycles. The number of carbonyl (C=O) groups is 3. The van der Waals surface area contributed by atoms with Crippen molar-refractivity contribution in [2.24, 2.45) is 0 Å². The van der Waals surface area contributed by atoms with Gasteiger partial charge >= 0.3 is 11.9 Å². The number of aliphatic carboxylic acids is 2. The van der Waals surface area contributed by atoms with Crippen molar-refractivity contribution in [3.63, 3.8) is 0 Å². The highest BCUT2D eigenvalue weighted by atomic mass is 19.1. The van der Waals surface area contributed by atoms with Gasteiger partial charge in [-0.15, -0.1) is 0 Å². The molecule has 8 nitrogen and oxygen atoms in total. The Morgan fingerprint density at radius 3 is 2.24 bits per heavy atom. The van der Waals surface area contributed by atoms with Gasteiger partial charge in [-0.2, -0.15) is 5.10 Å². The minimum absolute atomic E-state index is 0.106. The lowest BCUT2D eigenvalue weighted by Crippen LogP contribution is -2.29. The summed E-state index contributed by atoms with van der Waals surface area (Å²) in [5.41, 5.74) is 2.20. The summed E-state index contributed by atoms with van der Waals surface area (Å²) in [6.07, 6.45) is 3.19. The number of carbonyl (C=O) groups excluding carboxylic acids is 1. The summed E-state index contributed by atoms with van der Waals surface area (Å²) in [4.78, 5) is 34.1. The van der Waals surface area contributed by atoms with E-state index in [-0.39, 0.29) is 11.3 Å². The first-order valence-electron chi connectivity index (χ1n) is 10.4. The monoisotopic (exact) mass is 453 g/mol. The SMILES string of the molecule is CN1CCC(c2[nH]nc3cc(F)c(C(=O)c4ccccc4)cc23)CC1.O=C(O)/C=C/C(=O)O. The van der Waals surface area contributed by atoms with Crippen LogP contribution in [0.4, 0.5) is 4.39 Å². The Labute approximate surface area is 189 Å². The Hall–Kier alpha value is -3.85. The standard InChI is InChI=1S/C20H20FN3O.C4H4O4/c1-24-9-7-13(8-10-24)19-16-11-15(17(21)12-18(16)22-23-19)20(25)14-5-3-2-4-6-14;5-3(6)1-2-4(7)8/h2-6,11-13H,7-10H2,1H3,(H,22,23);1-2H,(H,5,6)(H,7,8)/b;2-1+. The second kappa shape index (κ2) is 10.6. The fraction of sp³-hybridized carbons (Fsp3) is 0.250. The average Bonchev–Trinajstić information content (AvgIpc) is 3.21. The molecule has 0 radical (unpaired) electrons. The largest absolute Gasteiger partial charge is 0.478 e. The molecule has 0 unspecified atom stereocenters. The van der Waals surface area contributed by atoms with Crippen LogP contribution in [-0.4, -0.2) is 63.2 Å². The van der Waals surface area contributed by atoms with Gasteiger partial charge < -0.3 is 15.1 Å². The van der Waals surface area contributed by atoms with Crippen LogP contribution in [0.5, 0.6) is 0 Å². The number of hydrogen-bond donors (Lipinski definition) is 3. The minimum Gasteiger partial charge on any atom is -0.478 e. The first-order chi connectivity index (χ1) is 15.8. The molecule has 1 aliphatic heterocycles. The van der Waals surface area contributed by atoms with Crippen molar-refractivity contribution in [2.75, 3.05) is 20.1 Å². The van der Waals surface area contributed by atoms with E-state index < -0.39 is 17.8 Å². The summed E-state index contributed by atoms with van der Waals surface area (Å²) in [5.74, 6) is -2.97. The summed E-state index contributed by atoms with van der Waals surface area (Å²) >= 11 is 0. The van der Waals surface area contributed by atoms with Crippen molar-refractivity contribution < 1.29 is 29.0 Å². The molecule has 172 valence electrons. The predicted molar refractivity (Wildman–Crippen MR) is 120 cm³/mol. The van der Waals surface area contributed by atoms with Crippen LogP contribution in [0.25, 0.3) is 10.9 Å². The smallest absolute Gasteiger partial charge is 0.328 e. The van der Waals surface area contributed by atoms with Gasteiger partial charge in [0, 0.05) is 40.8 Å². The van der Waals surface area contributed by atoms with E-state index in [1.807, 2.05) is 6.07 Å². The van der Waals surface area contributed by atoms with Crippen molar-refractivity contribution >= 4 is 28.6 Å². The summed E-state index contributed by atoms with van der Waals surface area (Å²) < 4.78 is 14.5. The molecule has 33 heavy (non-hydrogen) atoms. The molecular weight excluding hydrogens is 429 g/mol. The fourth-order valence-corrected chi connectivity index (χ4v) is 3.72. The molecule has 9 heteroatoms. The lowest BCUT2D eigenvalue weighted by atomic mass is 9.91. The number of aromatic nitrogens is 2. The number of carboxylic acids is 2. The maximum atomic E-state index is 14.5. The summed E-state index contributed by atoms with van der Waals surface area (Å²) in [7, 11) is 2.12. The second-order valence-electron chi connectivity index (χ2n) is 7.77. The van der Waals surface area contributed by atoms with E-state index in [0.29, 0.717) is 29.2 Å². The van der Waals surface area contributed by atoms with E-state index in [2.05, 4.69) is 22.1 Å². The number of likely N-dealkylation sites (tertiary alicyclic amines) is 1. The number of rotatable bonds is 5. The highest BCUT2D eigenvalue weighted by Gasteiger charge is 2.24. The maximum absolute atomic E-state index is 14.5. The third-order valence-electron chi connectivity index (χ3n) is 5.45. The molecular formula is C24H24FN3O5. The zero-order valence-corrected chi connectivity index (χ0v) is 18.0. The number of carboxylic acid groups (broad SMARTS) is 2. The summed E-state index contributed by atoms with van der Waals surface area (Å²) in [6, 6.07) is 11.8. The Kier molecular flexibility index (Phi) is 7.68. The van der Waals surface area contributed by atoms with Gasteiger partial charge in [-0.05, 0) is 39.0 Å². The van der Waals surface area contributed by atoms with E-state index in [4.69, 9.17) is 10.2 Å². The molecule has 1 fully saturated rings. The van der Waals surface area contributed by atoms with Crippen LogP contribution in [0.2, 0.25) is 0 Å². The van der Waals surface area contributed by atoms with Gasteiger partial charge in [-0.1, -0.05) is 30.3 Å². The summed E-state index contributed by atoms with van der Waals surface area (Å²) in [6.45, 7) is 2.06. The average molecular weight is 453 g/mol. The Morgan fingerprint density at radius 1 is 1.06 bits per heavy atom. The van der Waals surface area contributed by atoms with Crippen LogP contribution in [0.3, 0.4) is 0 Å². The van der Waals surface area contributed by atoms with Crippen molar-refractivity contribution in [3.05, 3.63) is 77.3 Å². The van der Waals surface area contributed by atoms with Gasteiger partial charge in [-0.25, -0.2) is 14.0 Å². The number of benzene rings is 2. The van der Waals surface area contributed by atoms with Crippen LogP contribution in [0.15, 0.2) is 54.6 Å². The lowest BCUT2D eigenvalue weighted by Gasteiger charge is -2.28. The van der Waals surface area contributed by atoms with E-state index in [1.165, 1.54) is 6.07 Å². The molecule has 4 rings (SSSR count). The minimum atomic E-state index is -1.26. The third-order valence-corrected chi connectivity index (χ3v) is 5.45. The van der Waals surface area contributed by atoms with Crippen molar-refractivity contribution in [1.82, 2.24) is 15.1 Å². The van der Waals surface area contributed by atoms with Crippen LogP contribution >= 0.6 is 0 Å². The number of H-pyrrole nitrogens is 1. The second-order valence-corrected chi connectivity index (χ2v) is 7.77. The number of aromatic amines is 1. The molecule has 0 spiro atoms. The molecule has 0 aliphatic carbocycles. The zero-order chi connectivity index (χ0) is 24.0. The highest BCUT2D eigenvalue weighted by Crippen LogP contribution is 2.32. The van der Waals surface area contributed by atoms with Crippen molar-refractivity contribution in [3.8, 4) is 0 Å². The first-order valence-corrected chi connectivity index (χ1v) is 10.4. The predicted octanol–water partition coefficient (Wildman–Crippen LogP) is 3.45. The fourth-order valence-electron chi connectivity index (χ4n) is 3.72. The maximum Gasteiger partial charge on any atom is 0.328 e. The molecule has 3 aromatic rings. The quantitative estimate of drug-likeness (QED) is 0.399. The van der Waals surface area contributed by atoms with E-state index >= 15 is 0 Å². The summed E-state index contributed by atoms with van der Waals surface area (Å²) in [5, 5.41) is 23.8. The molecule has 0 amide bonds. The van der Waals surface area contributed by atoms with Gasteiger partial charge in [0.15, 0.2) is 5.78 Å². The van der Waals surface area contributed by atoms with E-state index in [1.54, 1.807) is 30.3 Å². The Balaban J connectivity index is 0.000000331. The molecule has 3 N–H and O–H groups in total. The normalized spacial score (nSPS) is 14.7. The molecule has 0 atom stereocenters. The number of halogens is 1. The molecule has 0 bridgehead atoms. The topological polar surface area (TPSA) is 124 Å². The van der Waals surface area contributed by atoms with Gasteiger partial charge in [0.05, 0.1) is 11.1 Å². The molecule has 1 aliphatic rings. The molecule has 0 saturated carbocycles. The van der Waals surface area contributed by atoms with Crippen molar-refractivity contribution in [2.45, 2.75) is 18.8 Å². The van der Waals surface area contributed by atoms with E-state index in [0.717, 1.165) is 37.0 Å². The number of hydrogen-bond acceptors (Lipinski definition) is 5.